The van der Waals surface area contributed by atoms with Gasteiger partial charge in [-0.15, -0.1) is 20.4 Å². The summed E-state index contributed by atoms with van der Waals surface area (Å²) < 4.78 is 8.02. The molecule has 6 aromatic heterocycles. The number of hydrogen-bond acceptors (Lipinski definition) is 12. The van der Waals surface area contributed by atoms with Gasteiger partial charge in [-0.1, -0.05) is 92.4 Å². The van der Waals surface area contributed by atoms with E-state index in [0.29, 0.717) is 24.0 Å². The fraction of sp³-hybridized carbons (Fsp3) is 0.227. The fourth-order valence-electron chi connectivity index (χ4n) is 10.1. The van der Waals surface area contributed by atoms with Crippen LogP contribution in [0.15, 0.2) is 128 Å². The molecule has 6 aliphatic heterocycles. The molecule has 4 unspecified atom stereocenters. The van der Waals surface area contributed by atoms with Gasteiger partial charge in [-0.25, -0.2) is 19.9 Å². The summed E-state index contributed by atoms with van der Waals surface area (Å²) in [6.45, 7) is 1.98. The third-order valence-corrected chi connectivity index (χ3v) is 12.7. The lowest BCUT2D eigenvalue weighted by atomic mass is 9.91. The lowest BCUT2D eigenvalue weighted by Gasteiger charge is -2.39. The number of hydrogen-bond donors (Lipinski definition) is 0. The largest absolute Gasteiger partial charge is 0.332 e. The van der Waals surface area contributed by atoms with E-state index in [1.165, 1.54) is 0 Å². The van der Waals surface area contributed by atoms with Crippen LogP contribution in [0.4, 0.5) is 11.6 Å². The van der Waals surface area contributed by atoms with Gasteiger partial charge in [0, 0.05) is 35.9 Å². The van der Waals surface area contributed by atoms with Crippen LogP contribution < -0.4 is 9.80 Å². The van der Waals surface area contributed by atoms with E-state index in [2.05, 4.69) is 74.0 Å². The summed E-state index contributed by atoms with van der Waals surface area (Å²) in [5.41, 5.74) is 3.39. The molecule has 2 aromatic carbocycles. The van der Waals surface area contributed by atoms with E-state index in [0.717, 1.165) is 88.9 Å². The van der Waals surface area contributed by atoms with Crippen LogP contribution >= 0.6 is 0 Å². The number of nitrogens with zero attached hydrogens (tertiary/aromatic N) is 16. The minimum Gasteiger partial charge on any atom is -0.332 e. The molecule has 4 atom stereocenters. The quantitative estimate of drug-likeness (QED) is 0.185. The average molecular weight is 791 g/mol. The first-order valence-corrected chi connectivity index (χ1v) is 19.8. The van der Waals surface area contributed by atoms with Gasteiger partial charge in [0.15, 0.2) is 23.3 Å². The first-order chi connectivity index (χ1) is 29.1. The van der Waals surface area contributed by atoms with Gasteiger partial charge < -0.3 is 9.80 Å². The van der Waals surface area contributed by atoms with Crippen LogP contribution in [0.1, 0.15) is 50.6 Å². The zero-order valence-electron chi connectivity index (χ0n) is 31.8. The van der Waals surface area contributed by atoms with Crippen molar-refractivity contribution in [1.82, 2.24) is 68.6 Å². The maximum absolute atomic E-state index is 5.06. The van der Waals surface area contributed by atoms with Crippen LogP contribution in [0.3, 0.4) is 0 Å². The van der Waals surface area contributed by atoms with Gasteiger partial charge in [0.1, 0.15) is 46.3 Å². The molecule has 2 saturated heterocycles. The number of fused-ring (bicyclic) bond motifs is 6. The summed E-state index contributed by atoms with van der Waals surface area (Å²) in [6.07, 6.45) is 26.2. The van der Waals surface area contributed by atoms with Crippen LogP contribution in [0, 0.1) is 6.92 Å². The van der Waals surface area contributed by atoms with E-state index < -0.39 is 0 Å². The minimum atomic E-state index is -0.262. The molecular formula is C44H38N16. The summed E-state index contributed by atoms with van der Waals surface area (Å²) in [5.74, 6) is 7.48. The highest BCUT2D eigenvalue weighted by Crippen LogP contribution is 2.55. The Morgan fingerprint density at radius 3 is 1.72 bits per heavy atom. The van der Waals surface area contributed by atoms with E-state index in [1.54, 1.807) is 18.7 Å². The summed E-state index contributed by atoms with van der Waals surface area (Å²) in [5, 5.41) is 17.5. The Morgan fingerprint density at radius 2 is 1.15 bits per heavy atom. The van der Waals surface area contributed by atoms with Gasteiger partial charge in [-0.2, -0.15) is 9.97 Å². The highest BCUT2D eigenvalue weighted by Gasteiger charge is 2.57. The van der Waals surface area contributed by atoms with E-state index in [-0.39, 0.29) is 18.5 Å². The number of benzene rings is 2. The van der Waals surface area contributed by atoms with Crippen molar-refractivity contribution in [3.63, 3.8) is 0 Å². The van der Waals surface area contributed by atoms with Crippen LogP contribution in [-0.4, -0.2) is 80.7 Å². The molecule has 16 heteroatoms. The Morgan fingerprint density at radius 1 is 0.600 bits per heavy atom. The van der Waals surface area contributed by atoms with Crippen molar-refractivity contribution in [3.8, 4) is 46.0 Å². The van der Waals surface area contributed by atoms with Crippen LogP contribution in [0.2, 0.25) is 0 Å². The molecule has 0 spiro atoms. The van der Waals surface area contributed by atoms with Crippen molar-refractivity contribution in [2.75, 3.05) is 9.80 Å². The normalized spacial score (nSPS) is 22.6. The number of aryl methyl sites for hydroxylation is 1. The van der Waals surface area contributed by atoms with Gasteiger partial charge in [0.05, 0.1) is 24.5 Å². The third-order valence-electron chi connectivity index (χ3n) is 12.7. The Balaban J connectivity index is 0.000000127. The predicted octanol–water partition coefficient (Wildman–Crippen LogP) is 6.26. The Hall–Kier alpha value is -7.62. The summed E-state index contributed by atoms with van der Waals surface area (Å²) in [6, 6.07) is 20.9. The zero-order valence-corrected chi connectivity index (χ0v) is 31.8. The monoisotopic (exact) mass is 790 g/mol. The van der Waals surface area contributed by atoms with Gasteiger partial charge in [0.2, 0.25) is 11.9 Å². The molecule has 0 aliphatic carbocycles. The van der Waals surface area contributed by atoms with Crippen molar-refractivity contribution >= 4 is 11.6 Å². The lowest BCUT2D eigenvalue weighted by molar-refractivity contribution is 0.497. The SMILES string of the molecule is C.C1=CC23CCC1N2c1nc(-n2ccnc2-c2ccccc2)ncc1-n1cnnc13.Cc1nnc2n1-c1cnc(-n3ccnc3-c3ccccc3)nc1N1C3C=CC21CC3. The first kappa shape index (κ1) is 34.4. The molecule has 6 aliphatic rings. The smallest absolute Gasteiger partial charge is 0.237 e. The molecule has 2 fully saturated rings. The van der Waals surface area contributed by atoms with E-state index >= 15 is 0 Å². The standard InChI is InChI=1S/C22H18N8.C21H16N8.CH4/c1-14-26-27-20-22-9-7-16(8-10-22)30(22)19-17(29(14)20)13-24-21(25-19)28-12-11-23-18(28)15-5-3-2-4-6-15;1-2-4-14(5-3-1)17-22-10-11-27(17)20-23-12-16-18(25-20)29-15-6-8-21(29,9-7-15)19-26-24-13-28(16)19;/h2-7,9,11-13,16H,8,10H2,1H3;1-6,8,10-13,15H,7,9H2;1H4. The number of rotatable bonds is 4. The average Bonchev–Trinajstić information content (AvgIpc) is 4.16. The molecule has 60 heavy (non-hydrogen) atoms. The fourth-order valence-corrected chi connectivity index (χ4v) is 10.1. The van der Waals surface area contributed by atoms with Crippen molar-refractivity contribution < 1.29 is 0 Å². The molecule has 294 valence electrons. The second-order valence-electron chi connectivity index (χ2n) is 15.7. The molecule has 0 saturated carbocycles. The molecule has 16 nitrogen and oxygen atoms in total. The van der Waals surface area contributed by atoms with Crippen molar-refractivity contribution in [2.45, 2.75) is 63.2 Å². The number of anilines is 2. The van der Waals surface area contributed by atoms with E-state index in [9.17, 15) is 0 Å². The summed E-state index contributed by atoms with van der Waals surface area (Å²) in [7, 11) is 0. The first-order valence-electron chi connectivity index (χ1n) is 19.8. The van der Waals surface area contributed by atoms with Crippen LogP contribution in [-0.2, 0) is 11.1 Å². The summed E-state index contributed by atoms with van der Waals surface area (Å²) in [4.78, 5) is 33.3. The minimum absolute atomic E-state index is 0. The molecule has 0 N–H and O–H groups in total. The highest BCUT2D eigenvalue weighted by molar-refractivity contribution is 5.71. The van der Waals surface area contributed by atoms with Gasteiger partial charge >= 0.3 is 0 Å². The third kappa shape index (κ3) is 4.49. The molecule has 0 amide bonds. The van der Waals surface area contributed by atoms with Gasteiger partial charge in [-0.05, 0) is 32.6 Å². The molecular weight excluding hydrogens is 753 g/mol. The second kappa shape index (κ2) is 12.4. The van der Waals surface area contributed by atoms with Gasteiger partial charge in [-0.3, -0.25) is 18.3 Å². The Bertz CT molecular complexity index is 3030. The molecule has 4 bridgehead atoms. The number of imidazole rings is 2. The topological polar surface area (TPSA) is 155 Å². The number of aromatic nitrogens is 14. The molecule has 14 rings (SSSR count). The van der Waals surface area contributed by atoms with Crippen molar-refractivity contribution in [3.05, 3.63) is 146 Å². The predicted molar refractivity (Wildman–Crippen MR) is 223 cm³/mol. The van der Waals surface area contributed by atoms with Crippen LogP contribution in [0.25, 0.3) is 46.0 Å². The maximum atomic E-state index is 5.06. The zero-order chi connectivity index (χ0) is 38.9. The van der Waals surface area contributed by atoms with Crippen molar-refractivity contribution in [1.29, 1.82) is 0 Å². The van der Waals surface area contributed by atoms with Gasteiger partial charge in [0.25, 0.3) is 0 Å². The Labute approximate surface area is 344 Å². The second-order valence-corrected chi connectivity index (χ2v) is 15.7. The summed E-state index contributed by atoms with van der Waals surface area (Å²) >= 11 is 0. The van der Waals surface area contributed by atoms with E-state index in [4.69, 9.17) is 15.0 Å². The molecule has 12 heterocycles. The Kier molecular flexibility index (Phi) is 7.14. The molecule has 0 radical (unpaired) electrons. The lowest BCUT2D eigenvalue weighted by Crippen LogP contribution is -2.45. The molecule has 8 aromatic rings. The highest BCUT2D eigenvalue weighted by atomic mass is 15.4. The van der Waals surface area contributed by atoms with Crippen molar-refractivity contribution in [2.24, 2.45) is 0 Å². The van der Waals surface area contributed by atoms with E-state index in [1.807, 2.05) is 106 Å². The van der Waals surface area contributed by atoms with Crippen LogP contribution in [0.5, 0.6) is 0 Å². The maximum Gasteiger partial charge on any atom is 0.237 e.